The second-order valence-corrected chi connectivity index (χ2v) is 5.97. The van der Waals surface area contributed by atoms with Crippen LogP contribution in [0, 0.1) is 0 Å². The Labute approximate surface area is 141 Å². The Hall–Kier alpha value is -2.40. The van der Waals surface area contributed by atoms with Gasteiger partial charge in [0.2, 0.25) is 11.1 Å². The second kappa shape index (κ2) is 7.74. The van der Waals surface area contributed by atoms with Gasteiger partial charge < -0.3 is 10.2 Å². The molecule has 0 aliphatic heterocycles. The quantitative estimate of drug-likeness (QED) is 0.708. The van der Waals surface area contributed by atoms with E-state index in [1.165, 1.54) is 22.7 Å². The van der Waals surface area contributed by atoms with Crippen molar-refractivity contribution < 1.29 is 0 Å². The van der Waals surface area contributed by atoms with E-state index >= 15 is 0 Å². The zero-order valence-electron chi connectivity index (χ0n) is 13.1. The lowest BCUT2D eigenvalue weighted by Crippen LogP contribution is -2.21. The molecule has 5 heteroatoms. The lowest BCUT2D eigenvalue weighted by molar-refractivity contribution is 0.826. The first kappa shape index (κ1) is 15.5. The summed E-state index contributed by atoms with van der Waals surface area (Å²) in [5.41, 5.74) is 2.50. The van der Waals surface area contributed by atoms with E-state index < -0.39 is 0 Å². The van der Waals surface area contributed by atoms with Crippen LogP contribution >= 0.6 is 11.5 Å². The normalized spacial score (nSPS) is 10.5. The van der Waals surface area contributed by atoms with Gasteiger partial charge in [-0.2, -0.15) is 9.36 Å². The number of hydrogen-bond donors (Lipinski definition) is 1. The van der Waals surface area contributed by atoms with Crippen LogP contribution in [0.4, 0.5) is 11.1 Å². The fourth-order valence-corrected chi connectivity index (χ4v) is 3.02. The molecule has 0 radical (unpaired) electrons. The van der Waals surface area contributed by atoms with Crippen LogP contribution in [-0.4, -0.2) is 15.9 Å². The minimum absolute atomic E-state index is 0.695. The molecule has 0 unspecified atom stereocenters. The van der Waals surface area contributed by atoms with Crippen LogP contribution in [-0.2, 0) is 13.1 Å². The first-order chi connectivity index (χ1) is 11.3. The molecule has 2 aromatic carbocycles. The third-order valence-corrected chi connectivity index (χ3v) is 4.35. The van der Waals surface area contributed by atoms with E-state index in [9.17, 15) is 0 Å². The summed E-state index contributed by atoms with van der Waals surface area (Å²) >= 11 is 1.44. The number of anilines is 2. The minimum atomic E-state index is 0.695. The molecule has 0 saturated carbocycles. The molecular formula is C18H20N4S. The number of hydrogen-bond acceptors (Lipinski definition) is 5. The summed E-state index contributed by atoms with van der Waals surface area (Å²) in [7, 11) is 0. The molecular weight excluding hydrogens is 304 g/mol. The highest BCUT2D eigenvalue weighted by molar-refractivity contribution is 7.09. The van der Waals surface area contributed by atoms with Crippen molar-refractivity contribution in [1.29, 1.82) is 0 Å². The maximum Gasteiger partial charge on any atom is 0.236 e. The van der Waals surface area contributed by atoms with E-state index in [2.05, 4.69) is 62.9 Å². The topological polar surface area (TPSA) is 41.1 Å². The van der Waals surface area contributed by atoms with Gasteiger partial charge >= 0.3 is 0 Å². The lowest BCUT2D eigenvalue weighted by atomic mass is 10.2. The van der Waals surface area contributed by atoms with Gasteiger partial charge in [-0.15, -0.1) is 0 Å². The summed E-state index contributed by atoms with van der Waals surface area (Å²) < 4.78 is 4.42. The predicted octanol–water partition coefficient (Wildman–Crippen LogP) is 4.18. The first-order valence-corrected chi connectivity index (χ1v) is 8.53. The van der Waals surface area contributed by atoms with Gasteiger partial charge in [0.1, 0.15) is 0 Å². The third kappa shape index (κ3) is 4.29. The Morgan fingerprint density at radius 2 is 1.61 bits per heavy atom. The molecule has 118 valence electrons. The highest BCUT2D eigenvalue weighted by Gasteiger charge is 2.11. The molecule has 4 nitrogen and oxygen atoms in total. The molecule has 0 saturated heterocycles. The maximum atomic E-state index is 4.61. The molecule has 1 aromatic heterocycles. The monoisotopic (exact) mass is 324 g/mol. The molecule has 1 N–H and O–H groups in total. The SMILES string of the molecule is CCN(Cc1ccccc1)c1nc(NCc2ccccc2)ns1. The van der Waals surface area contributed by atoms with Gasteiger partial charge in [-0.1, -0.05) is 60.7 Å². The van der Waals surface area contributed by atoms with Crippen molar-refractivity contribution in [1.82, 2.24) is 9.36 Å². The average molecular weight is 324 g/mol. The lowest BCUT2D eigenvalue weighted by Gasteiger charge is -2.19. The minimum Gasteiger partial charge on any atom is -0.349 e. The van der Waals surface area contributed by atoms with Gasteiger partial charge in [0.15, 0.2) is 0 Å². The van der Waals surface area contributed by atoms with E-state index in [0.717, 1.165) is 24.8 Å². The van der Waals surface area contributed by atoms with Gasteiger partial charge in [-0.05, 0) is 18.1 Å². The Balaban J connectivity index is 1.63. The second-order valence-electron chi connectivity index (χ2n) is 5.24. The average Bonchev–Trinajstić information content (AvgIpc) is 3.08. The summed E-state index contributed by atoms with van der Waals surface area (Å²) in [5.74, 6) is 0.695. The maximum absolute atomic E-state index is 4.61. The molecule has 0 atom stereocenters. The van der Waals surface area contributed by atoms with Gasteiger partial charge in [0.05, 0.1) is 0 Å². The third-order valence-electron chi connectivity index (χ3n) is 3.58. The van der Waals surface area contributed by atoms with Gasteiger partial charge in [-0.3, -0.25) is 0 Å². The van der Waals surface area contributed by atoms with E-state index in [0.29, 0.717) is 5.95 Å². The van der Waals surface area contributed by atoms with Gasteiger partial charge in [0, 0.05) is 31.2 Å². The zero-order chi connectivity index (χ0) is 15.9. The Morgan fingerprint density at radius 1 is 0.957 bits per heavy atom. The number of nitrogens with one attached hydrogen (secondary N) is 1. The zero-order valence-corrected chi connectivity index (χ0v) is 14.0. The first-order valence-electron chi connectivity index (χ1n) is 7.75. The molecule has 3 rings (SSSR count). The van der Waals surface area contributed by atoms with Gasteiger partial charge in [-0.25, -0.2) is 0 Å². The predicted molar refractivity (Wildman–Crippen MR) is 96.8 cm³/mol. The summed E-state index contributed by atoms with van der Waals surface area (Å²) in [6.07, 6.45) is 0. The van der Waals surface area contributed by atoms with Crippen molar-refractivity contribution >= 4 is 22.6 Å². The summed E-state index contributed by atoms with van der Waals surface area (Å²) in [5, 5.41) is 4.24. The van der Waals surface area contributed by atoms with E-state index in [1.807, 2.05) is 24.3 Å². The summed E-state index contributed by atoms with van der Waals surface area (Å²) in [6, 6.07) is 20.7. The number of nitrogens with zero attached hydrogens (tertiary/aromatic N) is 3. The largest absolute Gasteiger partial charge is 0.349 e. The van der Waals surface area contributed by atoms with Crippen molar-refractivity contribution in [2.24, 2.45) is 0 Å². The van der Waals surface area contributed by atoms with Crippen molar-refractivity contribution in [3.8, 4) is 0 Å². The molecule has 23 heavy (non-hydrogen) atoms. The van der Waals surface area contributed by atoms with Crippen LogP contribution in [0.5, 0.6) is 0 Å². The number of aromatic nitrogens is 2. The molecule has 3 aromatic rings. The van der Waals surface area contributed by atoms with E-state index in [4.69, 9.17) is 0 Å². The van der Waals surface area contributed by atoms with Crippen molar-refractivity contribution in [3.05, 3.63) is 71.8 Å². The highest BCUT2D eigenvalue weighted by atomic mass is 32.1. The molecule has 0 bridgehead atoms. The van der Waals surface area contributed by atoms with Crippen LogP contribution in [0.25, 0.3) is 0 Å². The van der Waals surface area contributed by atoms with Crippen LogP contribution in [0.3, 0.4) is 0 Å². The molecule has 0 spiro atoms. The standard InChI is InChI=1S/C18H20N4S/c1-2-22(14-16-11-7-4-8-12-16)18-20-17(21-23-18)19-13-15-9-5-3-6-10-15/h3-12H,2,13-14H2,1H3,(H,19,21). The van der Waals surface area contributed by atoms with E-state index in [1.54, 1.807) is 0 Å². The molecule has 0 fully saturated rings. The van der Waals surface area contributed by atoms with Crippen molar-refractivity contribution in [2.45, 2.75) is 20.0 Å². The fraction of sp³-hybridized carbons (Fsp3) is 0.222. The van der Waals surface area contributed by atoms with Crippen LogP contribution < -0.4 is 10.2 Å². The van der Waals surface area contributed by atoms with Crippen LogP contribution in [0.2, 0.25) is 0 Å². The molecule has 0 aliphatic rings. The highest BCUT2D eigenvalue weighted by Crippen LogP contribution is 2.21. The fourth-order valence-electron chi connectivity index (χ4n) is 2.31. The van der Waals surface area contributed by atoms with E-state index in [-0.39, 0.29) is 0 Å². The summed E-state index contributed by atoms with van der Waals surface area (Å²) in [4.78, 5) is 6.85. The van der Waals surface area contributed by atoms with Crippen molar-refractivity contribution in [2.75, 3.05) is 16.8 Å². The Bertz CT molecular complexity index is 712. The number of rotatable bonds is 7. The molecule has 0 aliphatic carbocycles. The summed E-state index contributed by atoms with van der Waals surface area (Å²) in [6.45, 7) is 4.64. The molecule has 1 heterocycles. The number of benzene rings is 2. The van der Waals surface area contributed by atoms with Gasteiger partial charge in [0.25, 0.3) is 0 Å². The molecule has 0 amide bonds. The van der Waals surface area contributed by atoms with Crippen molar-refractivity contribution in [3.63, 3.8) is 0 Å². The van der Waals surface area contributed by atoms with Crippen LogP contribution in [0.15, 0.2) is 60.7 Å². The Kier molecular flexibility index (Phi) is 5.21. The van der Waals surface area contributed by atoms with Crippen LogP contribution in [0.1, 0.15) is 18.1 Å². The Morgan fingerprint density at radius 3 is 2.26 bits per heavy atom. The smallest absolute Gasteiger partial charge is 0.236 e.